The van der Waals surface area contributed by atoms with Gasteiger partial charge in [0.1, 0.15) is 5.56 Å². The number of anilines is 1. The highest BCUT2D eigenvalue weighted by Crippen LogP contribution is 2.39. The Balaban J connectivity index is 1.88. The highest BCUT2D eigenvalue weighted by Gasteiger charge is 2.42. The van der Waals surface area contributed by atoms with Crippen molar-refractivity contribution in [2.45, 2.75) is 31.9 Å². The maximum absolute atomic E-state index is 12.6. The van der Waals surface area contributed by atoms with Gasteiger partial charge in [0.15, 0.2) is 5.82 Å². The molecular formula is C14H16F3N3O3. The molecule has 9 heteroatoms. The third-order valence-corrected chi connectivity index (χ3v) is 3.90. The number of rotatable bonds is 4. The van der Waals surface area contributed by atoms with Crippen LogP contribution in [0.1, 0.15) is 36.0 Å². The first-order chi connectivity index (χ1) is 10.8. The first kappa shape index (κ1) is 17.0. The lowest BCUT2D eigenvalue weighted by atomic mass is 9.81. The Morgan fingerprint density at radius 3 is 2.43 bits per heavy atom. The SMILES string of the molecule is O=C(O)c1cccnc1NNC(=O)C1CCC(C(F)(F)F)CC1. The molecule has 126 valence electrons. The van der Waals surface area contributed by atoms with E-state index in [9.17, 15) is 22.8 Å². The number of carbonyl (C=O) groups is 2. The number of aromatic nitrogens is 1. The number of amides is 1. The predicted octanol–water partition coefficient (Wildman–Crippen LogP) is 2.59. The molecule has 0 radical (unpaired) electrons. The minimum absolute atomic E-state index is 0.0303. The van der Waals surface area contributed by atoms with Crippen LogP contribution in [0.2, 0.25) is 0 Å². The Hall–Kier alpha value is -2.32. The zero-order chi connectivity index (χ0) is 17.0. The molecule has 0 bridgehead atoms. The van der Waals surface area contributed by atoms with Gasteiger partial charge in [0, 0.05) is 12.1 Å². The Morgan fingerprint density at radius 2 is 1.87 bits per heavy atom. The molecular weight excluding hydrogens is 315 g/mol. The van der Waals surface area contributed by atoms with E-state index < -0.39 is 29.9 Å². The number of hydrogen-bond donors (Lipinski definition) is 3. The van der Waals surface area contributed by atoms with Crippen LogP contribution < -0.4 is 10.9 Å². The highest BCUT2D eigenvalue weighted by molar-refractivity contribution is 5.93. The van der Waals surface area contributed by atoms with Crippen molar-refractivity contribution in [3.63, 3.8) is 0 Å². The summed E-state index contributed by atoms with van der Waals surface area (Å²) in [5.41, 5.74) is 4.62. The van der Waals surface area contributed by atoms with Gasteiger partial charge < -0.3 is 5.11 Å². The maximum atomic E-state index is 12.6. The van der Waals surface area contributed by atoms with Crippen molar-refractivity contribution in [3.05, 3.63) is 23.9 Å². The lowest BCUT2D eigenvalue weighted by Gasteiger charge is -2.29. The summed E-state index contributed by atoms with van der Waals surface area (Å²) in [7, 11) is 0. The topological polar surface area (TPSA) is 91.3 Å². The minimum atomic E-state index is -4.22. The van der Waals surface area contributed by atoms with Gasteiger partial charge in [-0.15, -0.1) is 0 Å². The van der Waals surface area contributed by atoms with Crippen LogP contribution in [0.15, 0.2) is 18.3 Å². The van der Waals surface area contributed by atoms with E-state index in [1.165, 1.54) is 18.3 Å². The van der Waals surface area contributed by atoms with Gasteiger partial charge in [0.05, 0.1) is 5.92 Å². The van der Waals surface area contributed by atoms with Gasteiger partial charge in [-0.3, -0.25) is 15.6 Å². The first-order valence-electron chi connectivity index (χ1n) is 7.10. The molecule has 1 aromatic rings. The molecule has 2 rings (SSSR count). The lowest BCUT2D eigenvalue weighted by Crippen LogP contribution is -2.39. The molecule has 1 aromatic heterocycles. The Bertz CT molecular complexity index is 584. The van der Waals surface area contributed by atoms with Crippen molar-refractivity contribution in [2.75, 3.05) is 5.43 Å². The number of halogens is 3. The van der Waals surface area contributed by atoms with E-state index in [-0.39, 0.29) is 37.1 Å². The summed E-state index contributed by atoms with van der Waals surface area (Å²) in [5.74, 6) is -3.59. The summed E-state index contributed by atoms with van der Waals surface area (Å²) in [4.78, 5) is 26.8. The quantitative estimate of drug-likeness (QED) is 0.738. The largest absolute Gasteiger partial charge is 0.478 e. The monoisotopic (exact) mass is 331 g/mol. The second kappa shape index (κ2) is 6.84. The average Bonchev–Trinajstić information content (AvgIpc) is 2.52. The van der Waals surface area contributed by atoms with Crippen LogP contribution in [0.25, 0.3) is 0 Å². The van der Waals surface area contributed by atoms with E-state index in [0.29, 0.717) is 0 Å². The van der Waals surface area contributed by atoms with Crippen LogP contribution in [0.5, 0.6) is 0 Å². The molecule has 0 saturated heterocycles. The maximum Gasteiger partial charge on any atom is 0.391 e. The van der Waals surface area contributed by atoms with Gasteiger partial charge in [-0.05, 0) is 37.8 Å². The molecule has 6 nitrogen and oxygen atoms in total. The lowest BCUT2D eigenvalue weighted by molar-refractivity contribution is -0.184. The van der Waals surface area contributed by atoms with E-state index >= 15 is 0 Å². The van der Waals surface area contributed by atoms with E-state index in [4.69, 9.17) is 5.11 Å². The van der Waals surface area contributed by atoms with Gasteiger partial charge in [0.2, 0.25) is 5.91 Å². The van der Waals surface area contributed by atoms with Crippen LogP contribution in [0.3, 0.4) is 0 Å². The molecule has 0 aliphatic heterocycles. The summed E-state index contributed by atoms with van der Waals surface area (Å²) in [5, 5.41) is 8.99. The normalized spacial score (nSPS) is 21.5. The van der Waals surface area contributed by atoms with Crippen molar-refractivity contribution >= 4 is 17.7 Å². The molecule has 23 heavy (non-hydrogen) atoms. The number of hydrogen-bond acceptors (Lipinski definition) is 4. The molecule has 0 unspecified atom stereocenters. The third-order valence-electron chi connectivity index (χ3n) is 3.90. The molecule has 3 N–H and O–H groups in total. The van der Waals surface area contributed by atoms with Crippen molar-refractivity contribution in [3.8, 4) is 0 Å². The van der Waals surface area contributed by atoms with Crippen molar-refractivity contribution in [1.29, 1.82) is 0 Å². The number of carboxylic acids is 1. The molecule has 0 spiro atoms. The first-order valence-corrected chi connectivity index (χ1v) is 7.10. The van der Waals surface area contributed by atoms with Crippen molar-refractivity contribution in [2.24, 2.45) is 11.8 Å². The fourth-order valence-corrected chi connectivity index (χ4v) is 2.58. The zero-order valence-electron chi connectivity index (χ0n) is 12.1. The zero-order valence-corrected chi connectivity index (χ0v) is 12.1. The second-order valence-corrected chi connectivity index (χ2v) is 5.41. The summed E-state index contributed by atoms with van der Waals surface area (Å²) in [6, 6.07) is 2.76. The summed E-state index contributed by atoms with van der Waals surface area (Å²) >= 11 is 0. The summed E-state index contributed by atoms with van der Waals surface area (Å²) < 4.78 is 37.7. The van der Waals surface area contributed by atoms with Crippen molar-refractivity contribution < 1.29 is 27.9 Å². The van der Waals surface area contributed by atoms with Crippen LogP contribution in [-0.2, 0) is 4.79 Å². The van der Waals surface area contributed by atoms with E-state index in [0.717, 1.165) is 0 Å². The Morgan fingerprint density at radius 1 is 1.22 bits per heavy atom. The van der Waals surface area contributed by atoms with Crippen LogP contribution in [-0.4, -0.2) is 28.1 Å². The smallest absolute Gasteiger partial charge is 0.391 e. The molecule has 1 amide bonds. The standard InChI is InChI=1S/C14H16F3N3O3/c15-14(16,17)9-5-3-8(4-6-9)12(21)20-19-11-10(13(22)23)2-1-7-18-11/h1-2,7-9H,3-6H2,(H,18,19)(H,20,21)(H,22,23). The third kappa shape index (κ3) is 4.33. The minimum Gasteiger partial charge on any atom is -0.478 e. The highest BCUT2D eigenvalue weighted by atomic mass is 19.4. The van der Waals surface area contributed by atoms with Crippen molar-refractivity contribution in [1.82, 2.24) is 10.4 Å². The van der Waals surface area contributed by atoms with Crippen LogP contribution in [0, 0.1) is 11.8 Å². The van der Waals surface area contributed by atoms with E-state index in [1.54, 1.807) is 0 Å². The van der Waals surface area contributed by atoms with E-state index in [1.807, 2.05) is 0 Å². The number of hydrazine groups is 1. The number of alkyl halides is 3. The van der Waals surface area contributed by atoms with Gasteiger partial charge in [-0.25, -0.2) is 9.78 Å². The molecule has 1 saturated carbocycles. The molecule has 1 aliphatic rings. The predicted molar refractivity (Wildman–Crippen MR) is 74.5 cm³/mol. The van der Waals surface area contributed by atoms with Crippen LogP contribution in [0.4, 0.5) is 19.0 Å². The number of carbonyl (C=O) groups excluding carboxylic acids is 1. The summed E-state index contributed by atoms with van der Waals surface area (Å²) in [6.45, 7) is 0. The second-order valence-electron chi connectivity index (χ2n) is 5.41. The molecule has 1 aliphatic carbocycles. The summed E-state index contributed by atoms with van der Waals surface area (Å²) in [6.07, 6.45) is -2.73. The Labute approximate surface area is 130 Å². The average molecular weight is 331 g/mol. The number of nitrogens with one attached hydrogen (secondary N) is 2. The number of aromatic carboxylic acids is 1. The van der Waals surface area contributed by atoms with Crippen LogP contribution >= 0.6 is 0 Å². The van der Waals surface area contributed by atoms with Gasteiger partial charge in [-0.2, -0.15) is 13.2 Å². The fourth-order valence-electron chi connectivity index (χ4n) is 2.58. The van der Waals surface area contributed by atoms with Gasteiger partial charge in [-0.1, -0.05) is 0 Å². The van der Waals surface area contributed by atoms with E-state index in [2.05, 4.69) is 15.8 Å². The fraction of sp³-hybridized carbons (Fsp3) is 0.500. The van der Waals surface area contributed by atoms with Gasteiger partial charge in [0.25, 0.3) is 0 Å². The molecule has 0 aromatic carbocycles. The number of pyridine rings is 1. The molecule has 0 atom stereocenters. The number of carboxylic acid groups (broad SMARTS) is 1. The van der Waals surface area contributed by atoms with Gasteiger partial charge >= 0.3 is 12.1 Å². The number of nitrogens with zero attached hydrogens (tertiary/aromatic N) is 1. The Kier molecular flexibility index (Phi) is 5.07. The molecule has 1 fully saturated rings. The molecule has 1 heterocycles.